The van der Waals surface area contributed by atoms with Gasteiger partial charge in [-0.15, -0.1) is 24.2 Å². The van der Waals surface area contributed by atoms with E-state index in [0.717, 1.165) is 25.3 Å². The highest BCUT2D eigenvalue weighted by Gasteiger charge is 2.32. The van der Waals surface area contributed by atoms with Crippen LogP contribution >= 0.6 is 24.2 Å². The molecule has 3 nitrogen and oxygen atoms in total. The molecule has 2 heterocycles. The van der Waals surface area contributed by atoms with E-state index < -0.39 is 0 Å². The molecule has 0 aromatic heterocycles. The number of amides is 1. The number of likely N-dealkylation sites (tertiary alicyclic amines) is 1. The lowest BCUT2D eigenvalue weighted by atomic mass is 10.1. The third-order valence-electron chi connectivity index (χ3n) is 4.53. The predicted octanol–water partition coefficient (Wildman–Crippen LogP) is 3.08. The molecule has 22 heavy (non-hydrogen) atoms. The molecular formula is C17H25ClN2OS. The zero-order valence-corrected chi connectivity index (χ0v) is 14.7. The van der Waals surface area contributed by atoms with E-state index in [-0.39, 0.29) is 17.7 Å². The number of thioether (sulfide) groups is 1. The van der Waals surface area contributed by atoms with Crippen molar-refractivity contribution in [3.8, 4) is 0 Å². The monoisotopic (exact) mass is 340 g/mol. The topological polar surface area (TPSA) is 32.3 Å². The zero-order valence-electron chi connectivity index (χ0n) is 13.0. The second kappa shape index (κ2) is 8.23. The first-order valence-corrected chi connectivity index (χ1v) is 8.97. The Kier molecular flexibility index (Phi) is 6.60. The minimum atomic E-state index is 0. The third kappa shape index (κ3) is 4.40. The molecule has 0 spiro atoms. The van der Waals surface area contributed by atoms with Crippen LogP contribution in [0, 0.1) is 0 Å². The maximum atomic E-state index is 12.6. The van der Waals surface area contributed by atoms with Crippen LogP contribution in [0.3, 0.4) is 0 Å². The molecule has 0 saturated carbocycles. The zero-order chi connectivity index (χ0) is 14.7. The van der Waals surface area contributed by atoms with Gasteiger partial charge >= 0.3 is 0 Å². The molecule has 3 rings (SSSR count). The molecule has 2 aliphatic rings. The highest BCUT2D eigenvalue weighted by molar-refractivity contribution is 7.99. The van der Waals surface area contributed by atoms with Crippen molar-refractivity contribution in [1.29, 1.82) is 0 Å². The van der Waals surface area contributed by atoms with Crippen molar-refractivity contribution in [1.82, 2.24) is 10.2 Å². The minimum Gasteiger partial charge on any atom is -0.340 e. The summed E-state index contributed by atoms with van der Waals surface area (Å²) < 4.78 is 0. The van der Waals surface area contributed by atoms with Gasteiger partial charge in [-0.2, -0.15) is 0 Å². The van der Waals surface area contributed by atoms with Crippen molar-refractivity contribution in [2.75, 3.05) is 13.1 Å². The Morgan fingerprint density at radius 3 is 2.77 bits per heavy atom. The van der Waals surface area contributed by atoms with Crippen molar-refractivity contribution >= 4 is 30.1 Å². The van der Waals surface area contributed by atoms with E-state index in [9.17, 15) is 4.79 Å². The second-order valence-electron chi connectivity index (χ2n) is 6.15. The number of hydrogen-bond acceptors (Lipinski definition) is 3. The lowest BCUT2D eigenvalue weighted by Gasteiger charge is -2.27. The summed E-state index contributed by atoms with van der Waals surface area (Å²) in [5, 5.41) is 3.68. The van der Waals surface area contributed by atoms with E-state index in [1.807, 2.05) is 13.0 Å². The molecule has 2 bridgehead atoms. The average Bonchev–Trinajstić information content (AvgIpc) is 2.84. The average molecular weight is 341 g/mol. The highest BCUT2D eigenvalue weighted by atomic mass is 35.5. The Bertz CT molecular complexity index is 485. The van der Waals surface area contributed by atoms with Crippen LogP contribution in [-0.2, 0) is 10.5 Å². The van der Waals surface area contributed by atoms with Crippen molar-refractivity contribution < 1.29 is 4.79 Å². The van der Waals surface area contributed by atoms with Gasteiger partial charge in [-0.05, 0) is 31.7 Å². The molecule has 2 aliphatic heterocycles. The van der Waals surface area contributed by atoms with Crippen LogP contribution in [0.1, 0.15) is 31.7 Å². The first-order valence-electron chi connectivity index (χ1n) is 7.93. The van der Waals surface area contributed by atoms with Gasteiger partial charge in [0.05, 0.1) is 5.25 Å². The van der Waals surface area contributed by atoms with E-state index in [1.165, 1.54) is 18.4 Å². The van der Waals surface area contributed by atoms with Gasteiger partial charge < -0.3 is 10.2 Å². The van der Waals surface area contributed by atoms with Crippen molar-refractivity contribution in [2.45, 2.75) is 49.3 Å². The number of benzene rings is 1. The van der Waals surface area contributed by atoms with E-state index in [0.29, 0.717) is 18.0 Å². The van der Waals surface area contributed by atoms with Gasteiger partial charge in [0.1, 0.15) is 0 Å². The molecule has 3 unspecified atom stereocenters. The Balaban J connectivity index is 0.00000176. The molecule has 1 aromatic carbocycles. The maximum Gasteiger partial charge on any atom is 0.235 e. The van der Waals surface area contributed by atoms with Crippen molar-refractivity contribution in [2.24, 2.45) is 0 Å². The number of carbonyl (C=O) groups is 1. The number of rotatable bonds is 4. The second-order valence-corrected chi connectivity index (χ2v) is 7.48. The summed E-state index contributed by atoms with van der Waals surface area (Å²) in [6, 6.07) is 11.5. The first kappa shape index (κ1) is 17.6. The standard InChI is InChI=1S/C17H24N2OS.ClH/c1-13(21-12-14-5-3-2-4-6-14)17(20)19-10-9-15-7-8-16(11-19)18-15;/h2-6,13,15-16,18H,7-12H2,1H3;1H. The van der Waals surface area contributed by atoms with E-state index in [4.69, 9.17) is 0 Å². The van der Waals surface area contributed by atoms with Gasteiger partial charge in [-0.3, -0.25) is 4.79 Å². The third-order valence-corrected chi connectivity index (χ3v) is 5.73. The lowest BCUT2D eigenvalue weighted by molar-refractivity contribution is -0.130. The molecule has 3 atom stereocenters. The SMILES string of the molecule is CC(SCc1ccccc1)C(=O)N1CCC2CCC(C1)N2.Cl. The largest absolute Gasteiger partial charge is 0.340 e. The minimum absolute atomic E-state index is 0. The van der Waals surface area contributed by atoms with Crippen LogP contribution in [0.2, 0.25) is 0 Å². The van der Waals surface area contributed by atoms with E-state index in [2.05, 4.69) is 34.5 Å². The number of fused-ring (bicyclic) bond motifs is 2. The number of hydrogen-bond donors (Lipinski definition) is 1. The van der Waals surface area contributed by atoms with Crippen LogP contribution in [0.15, 0.2) is 30.3 Å². The Hall–Kier alpha value is -0.710. The molecule has 122 valence electrons. The summed E-state index contributed by atoms with van der Waals surface area (Å²) in [6.45, 7) is 3.86. The fraction of sp³-hybridized carbons (Fsp3) is 0.588. The summed E-state index contributed by atoms with van der Waals surface area (Å²) in [5.74, 6) is 1.22. The van der Waals surface area contributed by atoms with Gasteiger partial charge in [-0.25, -0.2) is 0 Å². The normalized spacial score (nSPS) is 25.2. The molecule has 2 saturated heterocycles. The predicted molar refractivity (Wildman–Crippen MR) is 95.6 cm³/mol. The fourth-order valence-corrected chi connectivity index (χ4v) is 4.19. The summed E-state index contributed by atoms with van der Waals surface area (Å²) >= 11 is 1.75. The van der Waals surface area contributed by atoms with E-state index >= 15 is 0 Å². The van der Waals surface area contributed by atoms with Crippen molar-refractivity contribution in [3.63, 3.8) is 0 Å². The number of nitrogens with one attached hydrogen (secondary N) is 1. The van der Waals surface area contributed by atoms with Gasteiger partial charge in [0.15, 0.2) is 0 Å². The smallest absolute Gasteiger partial charge is 0.235 e. The van der Waals surface area contributed by atoms with Crippen LogP contribution < -0.4 is 5.32 Å². The van der Waals surface area contributed by atoms with Crippen LogP contribution in [-0.4, -0.2) is 41.2 Å². The first-order chi connectivity index (χ1) is 10.2. The number of carbonyl (C=O) groups excluding carboxylic acids is 1. The molecule has 0 radical (unpaired) electrons. The molecule has 5 heteroatoms. The van der Waals surface area contributed by atoms with Crippen molar-refractivity contribution in [3.05, 3.63) is 35.9 Å². The van der Waals surface area contributed by atoms with Gasteiger partial charge in [0.2, 0.25) is 5.91 Å². The quantitative estimate of drug-likeness (QED) is 0.914. The van der Waals surface area contributed by atoms with E-state index in [1.54, 1.807) is 11.8 Å². The van der Waals surface area contributed by atoms with Gasteiger partial charge in [0, 0.05) is 30.9 Å². The summed E-state index contributed by atoms with van der Waals surface area (Å²) in [6.07, 6.45) is 3.61. The van der Waals surface area contributed by atoms with Crippen LogP contribution in [0.4, 0.5) is 0 Å². The highest BCUT2D eigenvalue weighted by Crippen LogP contribution is 2.24. The Morgan fingerprint density at radius 1 is 1.27 bits per heavy atom. The maximum absolute atomic E-state index is 12.6. The summed E-state index contributed by atoms with van der Waals surface area (Å²) in [7, 11) is 0. The molecule has 1 N–H and O–H groups in total. The summed E-state index contributed by atoms with van der Waals surface area (Å²) in [4.78, 5) is 14.7. The van der Waals surface area contributed by atoms with Crippen LogP contribution in [0.25, 0.3) is 0 Å². The molecule has 1 amide bonds. The number of nitrogens with zero attached hydrogens (tertiary/aromatic N) is 1. The van der Waals surface area contributed by atoms with Gasteiger partial charge in [-0.1, -0.05) is 30.3 Å². The number of halogens is 1. The van der Waals surface area contributed by atoms with Crippen LogP contribution in [0.5, 0.6) is 0 Å². The summed E-state index contributed by atoms with van der Waals surface area (Å²) in [5.41, 5.74) is 1.29. The van der Waals surface area contributed by atoms with Gasteiger partial charge in [0.25, 0.3) is 0 Å². The molecule has 1 aromatic rings. The molecular weight excluding hydrogens is 316 g/mol. The Labute approximate surface area is 143 Å². The molecule has 0 aliphatic carbocycles. The molecule has 2 fully saturated rings. The fourth-order valence-electron chi connectivity index (χ4n) is 3.27. The lowest BCUT2D eigenvalue weighted by Crippen LogP contribution is -2.42. The Morgan fingerprint density at radius 2 is 2.00 bits per heavy atom.